The second kappa shape index (κ2) is 7.57. The third-order valence-electron chi connectivity index (χ3n) is 4.02. The SMILES string of the molecule is C/C(=N\NC(=O)C1CC(c2ccccc2)NN1)c1ccc(Cl)cc1. The van der Waals surface area contributed by atoms with Gasteiger partial charge in [0, 0.05) is 11.1 Å². The summed E-state index contributed by atoms with van der Waals surface area (Å²) in [5.74, 6) is -0.158. The van der Waals surface area contributed by atoms with Crippen molar-refractivity contribution in [2.45, 2.75) is 25.4 Å². The fourth-order valence-electron chi connectivity index (χ4n) is 2.60. The predicted molar refractivity (Wildman–Crippen MR) is 95.7 cm³/mol. The van der Waals surface area contributed by atoms with Crippen molar-refractivity contribution >= 4 is 23.2 Å². The highest BCUT2D eigenvalue weighted by Crippen LogP contribution is 2.21. The number of hydrazone groups is 1. The maximum absolute atomic E-state index is 12.3. The number of carbonyl (C=O) groups excluding carboxylic acids is 1. The fourth-order valence-corrected chi connectivity index (χ4v) is 2.73. The largest absolute Gasteiger partial charge is 0.271 e. The molecule has 0 radical (unpaired) electrons. The highest BCUT2D eigenvalue weighted by atomic mass is 35.5. The van der Waals surface area contributed by atoms with Gasteiger partial charge in [0.05, 0.1) is 5.71 Å². The average Bonchev–Trinajstić information content (AvgIpc) is 3.11. The van der Waals surface area contributed by atoms with Crippen LogP contribution >= 0.6 is 11.6 Å². The highest BCUT2D eigenvalue weighted by molar-refractivity contribution is 6.30. The lowest BCUT2D eigenvalue weighted by Gasteiger charge is -2.09. The van der Waals surface area contributed by atoms with Crippen molar-refractivity contribution in [3.05, 3.63) is 70.7 Å². The number of nitrogens with one attached hydrogen (secondary N) is 3. The first-order chi connectivity index (χ1) is 11.6. The lowest BCUT2D eigenvalue weighted by atomic mass is 10.0. The van der Waals surface area contributed by atoms with Gasteiger partial charge in [-0.15, -0.1) is 0 Å². The molecule has 0 spiro atoms. The molecule has 1 aliphatic heterocycles. The molecule has 5 nitrogen and oxygen atoms in total. The van der Waals surface area contributed by atoms with Crippen LogP contribution in [0.5, 0.6) is 0 Å². The minimum atomic E-state index is -0.322. The van der Waals surface area contributed by atoms with Crippen LogP contribution in [-0.2, 0) is 4.79 Å². The average molecular weight is 343 g/mol. The lowest BCUT2D eigenvalue weighted by Crippen LogP contribution is -2.41. The summed E-state index contributed by atoms with van der Waals surface area (Å²) in [5.41, 5.74) is 11.6. The molecule has 1 amide bonds. The zero-order valence-corrected chi connectivity index (χ0v) is 14.0. The minimum Gasteiger partial charge on any atom is -0.271 e. The summed E-state index contributed by atoms with van der Waals surface area (Å²) in [5, 5.41) is 4.84. The minimum absolute atomic E-state index is 0.114. The van der Waals surface area contributed by atoms with Crippen molar-refractivity contribution in [2.75, 3.05) is 0 Å². The summed E-state index contributed by atoms with van der Waals surface area (Å²) >= 11 is 5.87. The van der Waals surface area contributed by atoms with E-state index in [4.69, 9.17) is 11.6 Å². The topological polar surface area (TPSA) is 65.5 Å². The molecule has 2 unspecified atom stereocenters. The molecule has 3 N–H and O–H groups in total. The maximum Gasteiger partial charge on any atom is 0.258 e. The smallest absolute Gasteiger partial charge is 0.258 e. The first kappa shape index (κ1) is 16.6. The molecule has 0 aliphatic carbocycles. The Morgan fingerprint density at radius 2 is 1.83 bits per heavy atom. The fraction of sp³-hybridized carbons (Fsp3) is 0.222. The summed E-state index contributed by atoms with van der Waals surface area (Å²) < 4.78 is 0. The van der Waals surface area contributed by atoms with E-state index in [0.717, 1.165) is 16.8 Å². The third kappa shape index (κ3) is 4.00. The van der Waals surface area contributed by atoms with E-state index >= 15 is 0 Å². The van der Waals surface area contributed by atoms with Gasteiger partial charge < -0.3 is 0 Å². The number of carbonyl (C=O) groups is 1. The Morgan fingerprint density at radius 3 is 2.54 bits per heavy atom. The van der Waals surface area contributed by atoms with Gasteiger partial charge in [-0.25, -0.2) is 16.3 Å². The van der Waals surface area contributed by atoms with Crippen molar-refractivity contribution in [1.29, 1.82) is 0 Å². The van der Waals surface area contributed by atoms with Gasteiger partial charge in [-0.1, -0.05) is 54.1 Å². The van der Waals surface area contributed by atoms with Gasteiger partial charge >= 0.3 is 0 Å². The molecule has 0 bridgehead atoms. The number of hydrogen-bond donors (Lipinski definition) is 3. The molecule has 0 aromatic heterocycles. The normalized spacial score (nSPS) is 20.8. The number of halogens is 1. The first-order valence-electron chi connectivity index (χ1n) is 7.79. The monoisotopic (exact) mass is 342 g/mol. The van der Waals surface area contributed by atoms with Crippen LogP contribution in [0, 0.1) is 0 Å². The Bertz CT molecular complexity index is 730. The number of benzene rings is 2. The van der Waals surface area contributed by atoms with Gasteiger partial charge in [0.2, 0.25) is 0 Å². The van der Waals surface area contributed by atoms with Crippen molar-refractivity contribution in [3.8, 4) is 0 Å². The summed E-state index contributed by atoms with van der Waals surface area (Å²) in [7, 11) is 0. The zero-order chi connectivity index (χ0) is 16.9. The summed E-state index contributed by atoms with van der Waals surface area (Å²) in [6, 6.07) is 17.2. The maximum atomic E-state index is 12.3. The number of hydrogen-bond acceptors (Lipinski definition) is 4. The van der Waals surface area contributed by atoms with Crippen LogP contribution in [0.25, 0.3) is 0 Å². The molecular formula is C18H19ClN4O. The van der Waals surface area contributed by atoms with Crippen molar-refractivity contribution in [2.24, 2.45) is 5.10 Å². The predicted octanol–water partition coefficient (Wildman–Crippen LogP) is 2.79. The van der Waals surface area contributed by atoms with Crippen LogP contribution < -0.4 is 16.3 Å². The summed E-state index contributed by atoms with van der Waals surface area (Å²) in [6.45, 7) is 1.84. The summed E-state index contributed by atoms with van der Waals surface area (Å²) in [4.78, 5) is 12.3. The van der Waals surface area contributed by atoms with Gasteiger partial charge in [0.25, 0.3) is 5.91 Å². The quantitative estimate of drug-likeness (QED) is 0.591. The molecule has 2 aromatic carbocycles. The molecule has 1 heterocycles. The molecule has 6 heteroatoms. The molecule has 1 aliphatic rings. The van der Waals surface area contributed by atoms with Crippen LogP contribution in [-0.4, -0.2) is 17.7 Å². The molecule has 0 saturated carbocycles. The van der Waals surface area contributed by atoms with Gasteiger partial charge in [-0.05, 0) is 36.6 Å². The lowest BCUT2D eigenvalue weighted by molar-refractivity contribution is -0.122. The van der Waals surface area contributed by atoms with Crippen molar-refractivity contribution in [3.63, 3.8) is 0 Å². The Balaban J connectivity index is 1.57. The number of rotatable bonds is 4. The molecule has 2 atom stereocenters. The number of nitrogens with zero attached hydrogens (tertiary/aromatic N) is 1. The van der Waals surface area contributed by atoms with E-state index in [0.29, 0.717) is 11.4 Å². The standard InChI is InChI=1S/C18H19ClN4O/c1-12(13-7-9-15(19)10-8-13)20-23-18(24)17-11-16(21-22-17)14-5-3-2-4-6-14/h2-10,16-17,21-22H,11H2,1H3,(H,23,24)/b20-12+. The van der Waals surface area contributed by atoms with Crippen LogP contribution in [0.2, 0.25) is 5.02 Å². The van der Waals surface area contributed by atoms with E-state index in [1.165, 1.54) is 0 Å². The summed E-state index contributed by atoms with van der Waals surface area (Å²) in [6.07, 6.45) is 0.672. The molecule has 24 heavy (non-hydrogen) atoms. The molecular weight excluding hydrogens is 324 g/mol. The van der Waals surface area contributed by atoms with Gasteiger partial charge in [-0.3, -0.25) is 4.79 Å². The number of amides is 1. The van der Waals surface area contributed by atoms with Crippen molar-refractivity contribution < 1.29 is 4.79 Å². The van der Waals surface area contributed by atoms with E-state index in [1.54, 1.807) is 12.1 Å². The van der Waals surface area contributed by atoms with E-state index in [-0.39, 0.29) is 18.0 Å². The number of hydrazine groups is 1. The molecule has 1 saturated heterocycles. The van der Waals surface area contributed by atoms with E-state index in [2.05, 4.69) is 21.4 Å². The van der Waals surface area contributed by atoms with Crippen LogP contribution in [0.15, 0.2) is 59.7 Å². The van der Waals surface area contributed by atoms with E-state index in [1.807, 2.05) is 49.4 Å². The molecule has 124 valence electrons. The molecule has 1 fully saturated rings. The van der Waals surface area contributed by atoms with Crippen LogP contribution in [0.1, 0.15) is 30.5 Å². The second-order valence-corrected chi connectivity index (χ2v) is 6.16. The second-order valence-electron chi connectivity index (χ2n) is 5.72. The van der Waals surface area contributed by atoms with Crippen LogP contribution in [0.4, 0.5) is 0 Å². The van der Waals surface area contributed by atoms with Crippen molar-refractivity contribution in [1.82, 2.24) is 16.3 Å². The Morgan fingerprint density at radius 1 is 1.12 bits per heavy atom. The Labute approximate surface area is 146 Å². The van der Waals surface area contributed by atoms with E-state index < -0.39 is 0 Å². The molecule has 2 aromatic rings. The Hall–Kier alpha value is -2.21. The van der Waals surface area contributed by atoms with Gasteiger partial charge in [-0.2, -0.15) is 5.10 Å². The third-order valence-corrected chi connectivity index (χ3v) is 4.27. The zero-order valence-electron chi connectivity index (χ0n) is 13.3. The highest BCUT2D eigenvalue weighted by Gasteiger charge is 2.29. The van der Waals surface area contributed by atoms with Crippen LogP contribution in [0.3, 0.4) is 0 Å². The Kier molecular flexibility index (Phi) is 5.25. The van der Waals surface area contributed by atoms with Gasteiger partial charge in [0.1, 0.15) is 6.04 Å². The van der Waals surface area contributed by atoms with Gasteiger partial charge in [0.15, 0.2) is 0 Å². The molecule has 3 rings (SSSR count). The first-order valence-corrected chi connectivity index (χ1v) is 8.17. The van der Waals surface area contributed by atoms with E-state index in [9.17, 15) is 4.79 Å².